The Bertz CT molecular complexity index is 659. The van der Waals surface area contributed by atoms with Crippen molar-refractivity contribution in [2.24, 2.45) is 0 Å². The summed E-state index contributed by atoms with van der Waals surface area (Å²) < 4.78 is 11.5. The van der Waals surface area contributed by atoms with Crippen LogP contribution in [0.5, 0.6) is 0 Å². The highest BCUT2D eigenvalue weighted by molar-refractivity contribution is 5.95. The van der Waals surface area contributed by atoms with E-state index in [2.05, 4.69) is 9.88 Å². The van der Waals surface area contributed by atoms with Crippen LogP contribution >= 0.6 is 0 Å². The quantitative estimate of drug-likeness (QED) is 0.724. The number of amides is 2. The monoisotopic (exact) mass is 360 g/mol. The van der Waals surface area contributed by atoms with Crippen molar-refractivity contribution in [3.05, 3.63) is 23.9 Å². The van der Waals surface area contributed by atoms with E-state index in [-0.39, 0.29) is 5.91 Å². The summed E-state index contributed by atoms with van der Waals surface area (Å²) in [5.41, 5.74) is 0.642. The Labute approximate surface area is 152 Å². The van der Waals surface area contributed by atoms with Gasteiger partial charge in [0.2, 0.25) is 6.41 Å². The van der Waals surface area contributed by atoms with E-state index in [1.54, 1.807) is 22.1 Å². The molecule has 4 heterocycles. The molecule has 0 aromatic carbocycles. The minimum absolute atomic E-state index is 0.00450. The van der Waals surface area contributed by atoms with Crippen molar-refractivity contribution < 1.29 is 19.1 Å². The van der Waals surface area contributed by atoms with Crippen molar-refractivity contribution in [2.75, 3.05) is 57.4 Å². The summed E-state index contributed by atoms with van der Waals surface area (Å²) in [6.45, 7) is 5.22. The van der Waals surface area contributed by atoms with Gasteiger partial charge >= 0.3 is 0 Å². The maximum atomic E-state index is 12.8. The maximum Gasteiger partial charge on any atom is 0.254 e. The fourth-order valence-corrected chi connectivity index (χ4v) is 3.80. The molecular weight excluding hydrogens is 336 g/mol. The molecule has 0 saturated carbocycles. The minimum Gasteiger partial charge on any atom is -0.356 e. The van der Waals surface area contributed by atoms with Gasteiger partial charge in [-0.25, -0.2) is 4.98 Å². The van der Waals surface area contributed by atoms with E-state index in [0.29, 0.717) is 45.0 Å². The van der Waals surface area contributed by atoms with Crippen molar-refractivity contribution in [3.8, 4) is 0 Å². The van der Waals surface area contributed by atoms with Crippen LogP contribution in [0.4, 0.5) is 5.82 Å². The van der Waals surface area contributed by atoms with E-state index < -0.39 is 5.79 Å². The van der Waals surface area contributed by atoms with E-state index in [0.717, 1.165) is 38.2 Å². The zero-order chi connectivity index (χ0) is 18.0. The molecule has 0 unspecified atom stereocenters. The Morgan fingerprint density at radius 1 is 1.08 bits per heavy atom. The predicted octanol–water partition coefficient (Wildman–Crippen LogP) is 0.339. The second kappa shape index (κ2) is 7.20. The van der Waals surface area contributed by atoms with Gasteiger partial charge in [0.05, 0.1) is 13.2 Å². The van der Waals surface area contributed by atoms with Gasteiger partial charge in [-0.3, -0.25) is 9.59 Å². The van der Waals surface area contributed by atoms with Crippen LogP contribution in [0.3, 0.4) is 0 Å². The molecule has 1 aromatic rings. The number of nitrogens with zero attached hydrogens (tertiary/aromatic N) is 4. The molecule has 3 fully saturated rings. The highest BCUT2D eigenvalue weighted by Crippen LogP contribution is 2.32. The SMILES string of the molecule is O=CN1CCN(C(=O)c2ccnc(N3CCC4(CC3)OCCO4)c2)CC1. The standard InChI is InChI=1S/C18H24N4O4/c23-14-20-7-9-22(10-8-20)17(24)15-1-4-19-16(13-15)21-5-2-18(3-6-21)25-11-12-26-18/h1,4,13-14H,2-3,5-12H2. The van der Waals surface area contributed by atoms with Crippen LogP contribution in [0.1, 0.15) is 23.2 Å². The van der Waals surface area contributed by atoms with E-state index in [4.69, 9.17) is 9.47 Å². The Kier molecular flexibility index (Phi) is 4.78. The number of hydrogen-bond acceptors (Lipinski definition) is 6. The van der Waals surface area contributed by atoms with Crippen molar-refractivity contribution in [2.45, 2.75) is 18.6 Å². The van der Waals surface area contributed by atoms with Gasteiger partial charge in [-0.05, 0) is 12.1 Å². The highest BCUT2D eigenvalue weighted by atomic mass is 16.7. The number of aromatic nitrogens is 1. The molecule has 0 N–H and O–H groups in total. The smallest absolute Gasteiger partial charge is 0.254 e. The third kappa shape index (κ3) is 3.39. The molecule has 0 aliphatic carbocycles. The first kappa shape index (κ1) is 17.2. The number of carbonyl (C=O) groups is 2. The molecule has 1 spiro atoms. The van der Waals surface area contributed by atoms with Crippen LogP contribution in [-0.2, 0) is 14.3 Å². The average Bonchev–Trinajstić information content (AvgIpc) is 3.16. The summed E-state index contributed by atoms with van der Waals surface area (Å²) in [7, 11) is 0. The van der Waals surface area contributed by atoms with Gasteiger partial charge in [-0.15, -0.1) is 0 Å². The molecule has 4 rings (SSSR count). The van der Waals surface area contributed by atoms with Gasteiger partial charge in [-0.1, -0.05) is 0 Å². The van der Waals surface area contributed by atoms with Crippen LogP contribution in [-0.4, -0.2) is 85.4 Å². The summed E-state index contributed by atoms with van der Waals surface area (Å²) in [6, 6.07) is 3.62. The van der Waals surface area contributed by atoms with Crippen molar-refractivity contribution in [1.82, 2.24) is 14.8 Å². The summed E-state index contributed by atoms with van der Waals surface area (Å²) in [6.07, 6.45) is 4.14. The van der Waals surface area contributed by atoms with Gasteiger partial charge < -0.3 is 24.2 Å². The van der Waals surface area contributed by atoms with Gasteiger partial charge in [0, 0.05) is 63.9 Å². The van der Waals surface area contributed by atoms with Crippen molar-refractivity contribution in [1.29, 1.82) is 0 Å². The molecule has 3 saturated heterocycles. The highest BCUT2D eigenvalue weighted by Gasteiger charge is 2.40. The molecule has 8 nitrogen and oxygen atoms in total. The molecule has 2 amide bonds. The number of carbonyl (C=O) groups excluding carboxylic acids is 2. The second-order valence-electron chi connectivity index (χ2n) is 6.93. The zero-order valence-electron chi connectivity index (χ0n) is 14.8. The van der Waals surface area contributed by atoms with Crippen LogP contribution in [0.2, 0.25) is 0 Å². The topological polar surface area (TPSA) is 75.2 Å². The molecule has 140 valence electrons. The normalized spacial score (nSPS) is 22.7. The Morgan fingerprint density at radius 2 is 1.77 bits per heavy atom. The van der Waals surface area contributed by atoms with Gasteiger partial charge in [0.1, 0.15) is 5.82 Å². The summed E-state index contributed by atoms with van der Waals surface area (Å²) >= 11 is 0. The molecule has 0 bridgehead atoms. The zero-order valence-corrected chi connectivity index (χ0v) is 14.8. The number of hydrogen-bond donors (Lipinski definition) is 0. The van der Waals surface area contributed by atoms with Gasteiger partial charge in [0.15, 0.2) is 5.79 Å². The van der Waals surface area contributed by atoms with Crippen LogP contribution < -0.4 is 4.90 Å². The lowest BCUT2D eigenvalue weighted by Crippen LogP contribution is -2.48. The van der Waals surface area contributed by atoms with Crippen molar-refractivity contribution >= 4 is 18.1 Å². The van der Waals surface area contributed by atoms with E-state index in [1.807, 2.05) is 6.07 Å². The van der Waals surface area contributed by atoms with E-state index >= 15 is 0 Å². The Morgan fingerprint density at radius 3 is 2.42 bits per heavy atom. The largest absolute Gasteiger partial charge is 0.356 e. The van der Waals surface area contributed by atoms with E-state index in [1.165, 1.54) is 0 Å². The lowest BCUT2D eigenvalue weighted by atomic mass is 10.0. The number of anilines is 1. The summed E-state index contributed by atoms with van der Waals surface area (Å²) in [5, 5.41) is 0. The molecule has 26 heavy (non-hydrogen) atoms. The number of piperidine rings is 1. The molecule has 0 atom stereocenters. The first-order chi connectivity index (χ1) is 12.7. The van der Waals surface area contributed by atoms with Crippen molar-refractivity contribution in [3.63, 3.8) is 0 Å². The number of ether oxygens (including phenoxy) is 2. The summed E-state index contributed by atoms with van der Waals surface area (Å²) in [5.74, 6) is 0.396. The van der Waals surface area contributed by atoms with E-state index in [9.17, 15) is 9.59 Å². The lowest BCUT2D eigenvalue weighted by Gasteiger charge is -2.38. The second-order valence-corrected chi connectivity index (χ2v) is 6.93. The first-order valence-electron chi connectivity index (χ1n) is 9.17. The first-order valence-corrected chi connectivity index (χ1v) is 9.17. The van der Waals surface area contributed by atoms with Crippen LogP contribution in [0, 0.1) is 0 Å². The average molecular weight is 360 g/mol. The number of piperazine rings is 1. The lowest BCUT2D eigenvalue weighted by molar-refractivity contribution is -0.169. The molecular formula is C18H24N4O4. The Balaban J connectivity index is 1.40. The van der Waals surface area contributed by atoms with Crippen LogP contribution in [0.15, 0.2) is 18.3 Å². The molecule has 0 radical (unpaired) electrons. The molecule has 3 aliphatic heterocycles. The Hall–Kier alpha value is -2.19. The summed E-state index contributed by atoms with van der Waals surface area (Å²) in [4.78, 5) is 33.7. The van der Waals surface area contributed by atoms with Crippen LogP contribution in [0.25, 0.3) is 0 Å². The predicted molar refractivity (Wildman–Crippen MR) is 93.9 cm³/mol. The maximum absolute atomic E-state index is 12.8. The number of rotatable bonds is 3. The van der Waals surface area contributed by atoms with Gasteiger partial charge in [-0.2, -0.15) is 0 Å². The fraction of sp³-hybridized carbons (Fsp3) is 0.611. The minimum atomic E-state index is -0.414. The fourth-order valence-electron chi connectivity index (χ4n) is 3.80. The molecule has 8 heteroatoms. The number of pyridine rings is 1. The third-order valence-corrected chi connectivity index (χ3v) is 5.41. The van der Waals surface area contributed by atoms with Gasteiger partial charge in [0.25, 0.3) is 5.91 Å². The molecule has 3 aliphatic rings. The third-order valence-electron chi connectivity index (χ3n) is 5.41. The molecule has 1 aromatic heterocycles.